The zero-order valence-electron chi connectivity index (χ0n) is 15.5. The molecule has 0 radical (unpaired) electrons. The fourth-order valence-corrected chi connectivity index (χ4v) is 3.87. The molecule has 0 aliphatic carbocycles. The van der Waals surface area contributed by atoms with E-state index in [0.717, 1.165) is 6.08 Å². The van der Waals surface area contributed by atoms with Crippen molar-refractivity contribution in [3.05, 3.63) is 60.2 Å². The van der Waals surface area contributed by atoms with Crippen molar-refractivity contribution in [3.8, 4) is 0 Å². The number of benzene rings is 2. The second-order valence-corrected chi connectivity index (χ2v) is 9.35. The van der Waals surface area contributed by atoms with Gasteiger partial charge in [-0.05, 0) is 55.1 Å². The molecule has 11 heteroatoms. The van der Waals surface area contributed by atoms with Crippen LogP contribution in [0.3, 0.4) is 0 Å². The Morgan fingerprint density at radius 2 is 1.34 bits per heavy atom. The average Bonchev–Trinajstić information content (AvgIpc) is 2.66. The lowest BCUT2D eigenvalue weighted by Gasteiger charge is -2.06. The molecule has 0 spiro atoms. The van der Waals surface area contributed by atoms with Crippen molar-refractivity contribution >= 4 is 43.6 Å². The van der Waals surface area contributed by atoms with E-state index < -0.39 is 26.0 Å². The maximum Gasteiger partial charge on any atom is 0.264 e. The van der Waals surface area contributed by atoms with Gasteiger partial charge in [-0.15, -0.1) is 0 Å². The first-order valence-electron chi connectivity index (χ1n) is 8.19. The van der Waals surface area contributed by atoms with E-state index >= 15 is 0 Å². The largest absolute Gasteiger partial charge is 0.326 e. The number of amides is 2. The highest BCUT2D eigenvalue weighted by Gasteiger charge is 2.16. The third-order valence-electron chi connectivity index (χ3n) is 3.61. The Balaban J connectivity index is 2.06. The molecular formula is C18H19N3O6S2. The molecular weight excluding hydrogens is 418 g/mol. The van der Waals surface area contributed by atoms with Crippen LogP contribution in [0.1, 0.15) is 12.5 Å². The van der Waals surface area contributed by atoms with E-state index in [-0.39, 0.29) is 15.7 Å². The van der Waals surface area contributed by atoms with E-state index in [1.54, 1.807) is 0 Å². The molecule has 9 nitrogen and oxygen atoms in total. The average molecular weight is 437 g/mol. The molecule has 0 aliphatic heterocycles. The number of hydrogen-bond acceptors (Lipinski definition) is 6. The van der Waals surface area contributed by atoms with Gasteiger partial charge < -0.3 is 5.32 Å². The smallest absolute Gasteiger partial charge is 0.264 e. The molecule has 0 unspecified atom stereocenters. The monoisotopic (exact) mass is 437 g/mol. The summed E-state index contributed by atoms with van der Waals surface area (Å²) in [5.41, 5.74) is 0.929. The molecule has 0 fully saturated rings. The van der Waals surface area contributed by atoms with E-state index in [4.69, 9.17) is 0 Å². The Hall–Kier alpha value is -3.02. The zero-order chi connectivity index (χ0) is 21.7. The molecule has 0 saturated carbocycles. The number of carbonyl (C=O) groups excluding carboxylic acids is 2. The normalized spacial score (nSPS) is 11.9. The predicted molar refractivity (Wildman–Crippen MR) is 108 cm³/mol. The quantitative estimate of drug-likeness (QED) is 0.554. The summed E-state index contributed by atoms with van der Waals surface area (Å²) in [6, 6.07) is 11.0. The van der Waals surface area contributed by atoms with E-state index in [2.05, 4.69) is 10.0 Å². The molecule has 0 saturated heterocycles. The fraction of sp³-hybridized carbons (Fsp3) is 0.111. The van der Waals surface area contributed by atoms with Gasteiger partial charge in [-0.1, -0.05) is 12.1 Å². The fourth-order valence-electron chi connectivity index (χ4n) is 2.19. The van der Waals surface area contributed by atoms with Crippen LogP contribution in [0.25, 0.3) is 6.08 Å². The molecule has 154 valence electrons. The van der Waals surface area contributed by atoms with Gasteiger partial charge in [-0.25, -0.2) is 26.3 Å². The van der Waals surface area contributed by atoms with Gasteiger partial charge in [0, 0.05) is 18.7 Å². The Kier molecular flexibility index (Phi) is 6.90. The number of rotatable bonds is 7. The van der Waals surface area contributed by atoms with Crippen LogP contribution >= 0.6 is 0 Å². The lowest BCUT2D eigenvalue weighted by Crippen LogP contribution is -2.28. The molecule has 2 amide bonds. The van der Waals surface area contributed by atoms with Gasteiger partial charge in [0.25, 0.3) is 15.9 Å². The van der Waals surface area contributed by atoms with Crippen molar-refractivity contribution in [2.75, 3.05) is 12.4 Å². The molecule has 0 heterocycles. The summed E-state index contributed by atoms with van der Waals surface area (Å²) >= 11 is 0. The highest BCUT2D eigenvalue weighted by atomic mass is 32.2. The highest BCUT2D eigenvalue weighted by Crippen LogP contribution is 2.14. The topological polar surface area (TPSA) is 139 Å². The molecule has 2 aromatic carbocycles. The van der Waals surface area contributed by atoms with Gasteiger partial charge in [0.1, 0.15) is 0 Å². The zero-order valence-corrected chi connectivity index (χ0v) is 17.2. The second-order valence-electron chi connectivity index (χ2n) is 5.79. The van der Waals surface area contributed by atoms with Crippen molar-refractivity contribution in [1.29, 1.82) is 0 Å². The van der Waals surface area contributed by atoms with E-state index in [1.807, 2.05) is 4.72 Å². The molecule has 29 heavy (non-hydrogen) atoms. The Labute approximate surface area is 168 Å². The maximum absolute atomic E-state index is 12.2. The minimum Gasteiger partial charge on any atom is -0.326 e. The molecule has 0 bridgehead atoms. The van der Waals surface area contributed by atoms with Gasteiger partial charge >= 0.3 is 0 Å². The Morgan fingerprint density at radius 3 is 1.86 bits per heavy atom. The van der Waals surface area contributed by atoms with Gasteiger partial charge in [0.15, 0.2) is 0 Å². The molecule has 2 rings (SSSR count). The Bertz CT molecular complexity index is 1140. The van der Waals surface area contributed by atoms with Crippen LogP contribution in [-0.4, -0.2) is 35.7 Å². The predicted octanol–water partition coefficient (Wildman–Crippen LogP) is 1.07. The molecule has 0 aromatic heterocycles. The molecule has 3 N–H and O–H groups in total. The number of sulfonamides is 2. The number of hydrogen-bond donors (Lipinski definition) is 3. The third kappa shape index (κ3) is 6.24. The lowest BCUT2D eigenvalue weighted by molar-refractivity contribution is -0.115. The van der Waals surface area contributed by atoms with Crippen molar-refractivity contribution in [3.63, 3.8) is 0 Å². The Morgan fingerprint density at radius 1 is 0.828 bits per heavy atom. The van der Waals surface area contributed by atoms with Crippen LogP contribution in [0.15, 0.2) is 64.4 Å². The summed E-state index contributed by atoms with van der Waals surface area (Å²) in [6.45, 7) is 1.32. The van der Waals surface area contributed by atoms with E-state index in [1.165, 1.54) is 68.6 Å². The lowest BCUT2D eigenvalue weighted by atomic mass is 10.2. The third-order valence-corrected chi connectivity index (χ3v) is 6.40. The number of carbonyl (C=O) groups is 2. The first kappa shape index (κ1) is 22.3. The molecule has 0 aliphatic rings. The summed E-state index contributed by atoms with van der Waals surface area (Å²) in [7, 11) is -6.36. The van der Waals surface area contributed by atoms with Gasteiger partial charge in [-0.2, -0.15) is 0 Å². The van der Waals surface area contributed by atoms with Crippen molar-refractivity contribution in [2.24, 2.45) is 0 Å². The van der Waals surface area contributed by atoms with E-state index in [9.17, 15) is 26.4 Å². The summed E-state index contributed by atoms with van der Waals surface area (Å²) in [5.74, 6) is -1.17. The van der Waals surface area contributed by atoms with Crippen LogP contribution in [0.2, 0.25) is 0 Å². The van der Waals surface area contributed by atoms with Crippen LogP contribution in [-0.2, 0) is 29.6 Å². The van der Waals surface area contributed by atoms with Crippen LogP contribution in [0.4, 0.5) is 5.69 Å². The minimum atomic E-state index is -4.09. The summed E-state index contributed by atoms with van der Waals surface area (Å²) in [4.78, 5) is 22.9. The van der Waals surface area contributed by atoms with Gasteiger partial charge in [-0.3, -0.25) is 9.59 Å². The van der Waals surface area contributed by atoms with Crippen molar-refractivity contribution in [2.45, 2.75) is 16.7 Å². The minimum absolute atomic E-state index is 0.0619. The highest BCUT2D eigenvalue weighted by molar-refractivity contribution is 7.90. The van der Waals surface area contributed by atoms with E-state index in [0.29, 0.717) is 11.3 Å². The summed E-state index contributed by atoms with van der Waals surface area (Å²) in [5, 5.41) is 2.51. The standard InChI is InChI=1S/C18H19N3O6S2/c1-13(22)20-15-6-10-17(11-7-15)29(26,27)21-18(23)12-5-14-3-8-16(9-4-14)28(24,25)19-2/h3-12,19H,1-2H3,(H,20,22)(H,21,23)/b12-5+. The van der Waals surface area contributed by atoms with Crippen molar-refractivity contribution < 1.29 is 26.4 Å². The SMILES string of the molecule is CNS(=O)(=O)c1ccc(/C=C/C(=O)NS(=O)(=O)c2ccc(NC(C)=O)cc2)cc1. The molecule has 2 aromatic rings. The number of anilines is 1. The van der Waals surface area contributed by atoms with Crippen molar-refractivity contribution in [1.82, 2.24) is 9.44 Å². The first-order valence-corrected chi connectivity index (χ1v) is 11.2. The maximum atomic E-state index is 12.2. The van der Waals surface area contributed by atoms with Crippen LogP contribution < -0.4 is 14.8 Å². The van der Waals surface area contributed by atoms with Gasteiger partial charge in [0.2, 0.25) is 15.9 Å². The second kappa shape index (κ2) is 8.99. The molecule has 0 atom stereocenters. The van der Waals surface area contributed by atoms with Gasteiger partial charge in [0.05, 0.1) is 9.79 Å². The number of nitrogens with one attached hydrogen (secondary N) is 3. The van der Waals surface area contributed by atoms with Crippen LogP contribution in [0.5, 0.6) is 0 Å². The summed E-state index contributed by atoms with van der Waals surface area (Å²) in [6.07, 6.45) is 2.37. The first-order chi connectivity index (χ1) is 13.5. The summed E-state index contributed by atoms with van der Waals surface area (Å²) < 4.78 is 51.9. The van der Waals surface area contributed by atoms with Crippen LogP contribution in [0, 0.1) is 0 Å².